The van der Waals surface area contributed by atoms with Crippen LogP contribution in [0.15, 0.2) is 24.3 Å². The van der Waals surface area contributed by atoms with E-state index in [0.29, 0.717) is 24.0 Å². The Balaban J connectivity index is 1.73. The molecule has 1 aromatic carbocycles. The van der Waals surface area contributed by atoms with Crippen molar-refractivity contribution < 1.29 is 23.4 Å². The van der Waals surface area contributed by atoms with Crippen LogP contribution in [0.4, 0.5) is 18.9 Å². The third-order valence-electron chi connectivity index (χ3n) is 5.86. The van der Waals surface area contributed by atoms with Crippen LogP contribution in [0.25, 0.3) is 10.9 Å². The molecule has 25 heavy (non-hydrogen) atoms. The second-order valence-electron chi connectivity index (χ2n) is 7.18. The largest absolute Gasteiger partial charge is 0.416 e. The molecule has 2 aromatic rings. The number of alkyl halides is 3. The van der Waals surface area contributed by atoms with E-state index in [1.807, 2.05) is 13.0 Å². The van der Waals surface area contributed by atoms with Crippen LogP contribution in [0.2, 0.25) is 0 Å². The number of aromatic nitrogens is 1. The minimum Gasteiger partial charge on any atom is -0.396 e. The summed E-state index contributed by atoms with van der Waals surface area (Å²) >= 11 is 0. The van der Waals surface area contributed by atoms with Gasteiger partial charge in [-0.2, -0.15) is 13.2 Å². The van der Waals surface area contributed by atoms with Gasteiger partial charge in [0.15, 0.2) is 0 Å². The second-order valence-corrected chi connectivity index (χ2v) is 7.18. The van der Waals surface area contributed by atoms with Crippen LogP contribution in [-0.4, -0.2) is 41.5 Å². The maximum atomic E-state index is 13.1. The number of piperidine rings is 1. The molecule has 2 aliphatic rings. The number of anilines is 1. The van der Waals surface area contributed by atoms with Gasteiger partial charge in [0.05, 0.1) is 24.3 Å². The van der Waals surface area contributed by atoms with Crippen molar-refractivity contribution in [3.8, 4) is 0 Å². The van der Waals surface area contributed by atoms with Gasteiger partial charge in [-0.15, -0.1) is 0 Å². The lowest BCUT2D eigenvalue weighted by Crippen LogP contribution is -2.32. The summed E-state index contributed by atoms with van der Waals surface area (Å²) in [5.41, 5.74) is 0.922. The van der Waals surface area contributed by atoms with Gasteiger partial charge < -0.3 is 15.1 Å². The molecular formula is C18H19F3N2O2. The average Bonchev–Trinajstić information content (AvgIpc) is 2.93. The monoisotopic (exact) mass is 352 g/mol. The first-order chi connectivity index (χ1) is 11.8. The molecule has 1 aliphatic carbocycles. The van der Waals surface area contributed by atoms with Gasteiger partial charge in [-0.05, 0) is 43.0 Å². The van der Waals surface area contributed by atoms with Crippen molar-refractivity contribution in [1.82, 2.24) is 4.98 Å². The number of aliphatic hydroxyl groups is 2. The van der Waals surface area contributed by atoms with Gasteiger partial charge in [-0.25, -0.2) is 0 Å². The fraction of sp³-hybridized carbons (Fsp3) is 0.500. The molecule has 4 nitrogen and oxygen atoms in total. The number of fused-ring (bicyclic) bond motifs is 2. The Morgan fingerprint density at radius 3 is 2.36 bits per heavy atom. The fourth-order valence-electron chi connectivity index (χ4n) is 4.33. The van der Waals surface area contributed by atoms with Crippen molar-refractivity contribution in [2.24, 2.45) is 17.3 Å². The highest BCUT2D eigenvalue weighted by Crippen LogP contribution is 2.62. The Labute approximate surface area is 142 Å². The first-order valence-corrected chi connectivity index (χ1v) is 8.25. The number of hydrogen-bond acceptors (Lipinski definition) is 4. The number of aryl methyl sites for hydroxylation is 1. The molecule has 7 heteroatoms. The molecule has 1 saturated heterocycles. The summed E-state index contributed by atoms with van der Waals surface area (Å²) in [5, 5.41) is 19.6. The van der Waals surface area contributed by atoms with E-state index in [4.69, 9.17) is 0 Å². The number of rotatable bonds is 3. The molecule has 1 saturated carbocycles. The molecule has 134 valence electrons. The number of hydrogen-bond donors (Lipinski definition) is 2. The molecule has 4 rings (SSSR count). The summed E-state index contributed by atoms with van der Waals surface area (Å²) in [6, 6.07) is 5.44. The molecule has 0 radical (unpaired) electrons. The standard InChI is InChI=1S/C18H19F3N2O2/c1-10-4-16(23-6-13-14(7-23)17(13,8-24)9-25)12-5-11(18(19,20)21)2-3-15(12)22-10/h2-5,13-14,24-25H,6-9H2,1H3. The molecule has 2 unspecified atom stereocenters. The minimum absolute atomic E-state index is 0.0545. The zero-order valence-electron chi connectivity index (χ0n) is 13.7. The average molecular weight is 352 g/mol. The van der Waals surface area contributed by atoms with E-state index < -0.39 is 17.2 Å². The van der Waals surface area contributed by atoms with Crippen LogP contribution in [0.3, 0.4) is 0 Å². The van der Waals surface area contributed by atoms with Gasteiger partial charge in [0, 0.05) is 35.3 Å². The molecule has 2 fully saturated rings. The van der Waals surface area contributed by atoms with Gasteiger partial charge >= 0.3 is 6.18 Å². The molecular weight excluding hydrogens is 333 g/mol. The summed E-state index contributed by atoms with van der Waals surface area (Å²) in [6.45, 7) is 2.96. The maximum Gasteiger partial charge on any atom is 0.416 e. The van der Waals surface area contributed by atoms with E-state index in [0.717, 1.165) is 23.5 Å². The van der Waals surface area contributed by atoms with Crippen LogP contribution >= 0.6 is 0 Å². The molecule has 1 aliphatic heterocycles. The predicted molar refractivity (Wildman–Crippen MR) is 87.3 cm³/mol. The van der Waals surface area contributed by atoms with E-state index in [1.54, 1.807) is 0 Å². The Hall–Kier alpha value is -1.86. The summed E-state index contributed by atoms with van der Waals surface area (Å²) in [5.74, 6) is 0.355. The van der Waals surface area contributed by atoms with Crippen LogP contribution in [0.5, 0.6) is 0 Å². The lowest BCUT2D eigenvalue weighted by Gasteiger charge is -2.27. The van der Waals surface area contributed by atoms with Crippen molar-refractivity contribution in [1.29, 1.82) is 0 Å². The van der Waals surface area contributed by atoms with E-state index in [9.17, 15) is 23.4 Å². The zero-order valence-corrected chi connectivity index (χ0v) is 13.7. The summed E-state index contributed by atoms with van der Waals surface area (Å²) in [7, 11) is 0. The third kappa shape index (κ3) is 2.40. The lowest BCUT2D eigenvalue weighted by atomic mass is 10.0. The quantitative estimate of drug-likeness (QED) is 0.892. The number of pyridine rings is 1. The smallest absolute Gasteiger partial charge is 0.396 e. The first kappa shape index (κ1) is 16.6. The SMILES string of the molecule is Cc1cc(N2CC3C(C2)C3(CO)CO)c2cc(C(F)(F)F)ccc2n1. The molecule has 0 bridgehead atoms. The van der Waals surface area contributed by atoms with E-state index in [2.05, 4.69) is 9.88 Å². The van der Waals surface area contributed by atoms with Gasteiger partial charge in [0.25, 0.3) is 0 Å². The zero-order chi connectivity index (χ0) is 18.0. The summed E-state index contributed by atoms with van der Waals surface area (Å²) in [4.78, 5) is 6.40. The number of aliphatic hydroxyl groups excluding tert-OH is 2. The van der Waals surface area contributed by atoms with Crippen LogP contribution in [0.1, 0.15) is 11.3 Å². The molecule has 0 spiro atoms. The predicted octanol–water partition coefficient (Wildman–Crippen LogP) is 2.60. The Morgan fingerprint density at radius 1 is 1.16 bits per heavy atom. The van der Waals surface area contributed by atoms with Crippen LogP contribution < -0.4 is 4.90 Å². The number of halogens is 3. The van der Waals surface area contributed by atoms with Gasteiger partial charge in [0.2, 0.25) is 0 Å². The normalized spacial score (nSPS) is 24.6. The van der Waals surface area contributed by atoms with Crippen molar-refractivity contribution >= 4 is 16.6 Å². The van der Waals surface area contributed by atoms with Gasteiger partial charge in [-0.1, -0.05) is 0 Å². The molecule has 2 atom stereocenters. The highest BCUT2D eigenvalue weighted by molar-refractivity contribution is 5.93. The van der Waals surface area contributed by atoms with Crippen molar-refractivity contribution in [2.45, 2.75) is 13.1 Å². The Morgan fingerprint density at radius 2 is 1.80 bits per heavy atom. The van der Waals surface area contributed by atoms with Crippen LogP contribution in [-0.2, 0) is 6.18 Å². The second kappa shape index (κ2) is 5.32. The van der Waals surface area contributed by atoms with Crippen molar-refractivity contribution in [2.75, 3.05) is 31.2 Å². The highest BCUT2D eigenvalue weighted by Gasteiger charge is 2.67. The van der Waals surface area contributed by atoms with E-state index >= 15 is 0 Å². The van der Waals surface area contributed by atoms with Crippen LogP contribution in [0, 0.1) is 24.2 Å². The fourth-order valence-corrected chi connectivity index (χ4v) is 4.33. The van der Waals surface area contributed by atoms with E-state index in [-0.39, 0.29) is 25.0 Å². The third-order valence-corrected chi connectivity index (χ3v) is 5.86. The Kier molecular flexibility index (Phi) is 3.53. The number of benzene rings is 1. The topological polar surface area (TPSA) is 56.6 Å². The summed E-state index contributed by atoms with van der Waals surface area (Å²) in [6.07, 6.45) is -4.40. The molecule has 2 N–H and O–H groups in total. The van der Waals surface area contributed by atoms with E-state index in [1.165, 1.54) is 6.07 Å². The molecule has 0 amide bonds. The number of nitrogens with zero attached hydrogens (tertiary/aromatic N) is 2. The molecule has 1 aromatic heterocycles. The van der Waals surface area contributed by atoms with Crippen molar-refractivity contribution in [3.63, 3.8) is 0 Å². The minimum atomic E-state index is -4.40. The summed E-state index contributed by atoms with van der Waals surface area (Å²) < 4.78 is 39.2. The Bertz CT molecular complexity index is 819. The highest BCUT2D eigenvalue weighted by atomic mass is 19.4. The lowest BCUT2D eigenvalue weighted by molar-refractivity contribution is -0.137. The van der Waals surface area contributed by atoms with Gasteiger partial charge in [-0.3, -0.25) is 4.98 Å². The van der Waals surface area contributed by atoms with Gasteiger partial charge in [0.1, 0.15) is 0 Å². The maximum absolute atomic E-state index is 13.1. The van der Waals surface area contributed by atoms with Crippen molar-refractivity contribution in [3.05, 3.63) is 35.5 Å². The molecule has 2 heterocycles. The first-order valence-electron chi connectivity index (χ1n) is 8.25.